The number of benzene rings is 1. The molecular formula is C13H14N4O2. The number of hydrogen-bond donors (Lipinski definition) is 1. The lowest BCUT2D eigenvalue weighted by Gasteiger charge is -2.13. The molecule has 1 aliphatic rings. The third-order valence-electron chi connectivity index (χ3n) is 2.22. The first-order chi connectivity index (χ1) is 9.06. The number of rotatable bonds is 3. The van der Waals surface area contributed by atoms with E-state index in [2.05, 4.69) is 27.1 Å². The number of para-hydroxylation sites is 2. The van der Waals surface area contributed by atoms with Gasteiger partial charge in [0.1, 0.15) is 17.1 Å². The van der Waals surface area contributed by atoms with Gasteiger partial charge in [-0.3, -0.25) is 5.32 Å². The number of azo groups is 1. The monoisotopic (exact) mass is 258 g/mol. The van der Waals surface area contributed by atoms with Gasteiger partial charge < -0.3 is 4.74 Å². The number of urea groups is 1. The summed E-state index contributed by atoms with van der Waals surface area (Å²) in [5, 5.41) is 9.45. The minimum atomic E-state index is -0.562. The highest BCUT2D eigenvalue weighted by molar-refractivity contribution is 6.09. The van der Waals surface area contributed by atoms with Crippen LogP contribution < -0.4 is 10.1 Å². The van der Waals surface area contributed by atoms with Crippen molar-refractivity contribution in [3.8, 4) is 5.75 Å². The van der Waals surface area contributed by atoms with Gasteiger partial charge in [0, 0.05) is 0 Å². The molecular weight excluding hydrogens is 244 g/mol. The van der Waals surface area contributed by atoms with E-state index in [1.165, 1.54) is 0 Å². The van der Waals surface area contributed by atoms with Gasteiger partial charge in [-0.1, -0.05) is 23.8 Å². The van der Waals surface area contributed by atoms with Gasteiger partial charge in [-0.2, -0.15) is 0 Å². The molecule has 0 bridgehead atoms. The van der Waals surface area contributed by atoms with Crippen molar-refractivity contribution in [1.82, 2.24) is 5.32 Å². The van der Waals surface area contributed by atoms with Crippen molar-refractivity contribution >= 4 is 17.6 Å². The molecule has 1 aromatic carbocycles. The first-order valence-electron chi connectivity index (χ1n) is 5.82. The van der Waals surface area contributed by atoms with Crippen LogP contribution in [0.2, 0.25) is 0 Å². The Hall–Kier alpha value is -2.50. The molecule has 19 heavy (non-hydrogen) atoms. The summed E-state index contributed by atoms with van der Waals surface area (Å²) in [6.45, 7) is 7.53. The topological polar surface area (TPSA) is 75.4 Å². The van der Waals surface area contributed by atoms with Crippen LogP contribution in [-0.4, -0.2) is 18.0 Å². The van der Waals surface area contributed by atoms with E-state index in [1.54, 1.807) is 6.07 Å². The second-order valence-corrected chi connectivity index (χ2v) is 4.17. The average Bonchev–Trinajstić information content (AvgIpc) is 2.35. The molecule has 6 nitrogen and oxygen atoms in total. The van der Waals surface area contributed by atoms with E-state index >= 15 is 0 Å². The van der Waals surface area contributed by atoms with Crippen LogP contribution in [0.15, 0.2) is 51.8 Å². The number of carbonyl (C=O) groups is 1. The summed E-state index contributed by atoms with van der Waals surface area (Å²) in [7, 11) is 0. The van der Waals surface area contributed by atoms with Crippen LogP contribution in [0.1, 0.15) is 13.8 Å². The summed E-state index contributed by atoms with van der Waals surface area (Å²) >= 11 is 0. The van der Waals surface area contributed by atoms with Crippen LogP contribution in [0.3, 0.4) is 0 Å². The molecule has 0 fully saturated rings. The van der Waals surface area contributed by atoms with Crippen molar-refractivity contribution in [2.24, 2.45) is 15.2 Å². The number of nitrogens with one attached hydrogen (secondary N) is 1. The van der Waals surface area contributed by atoms with Crippen LogP contribution in [0.25, 0.3) is 0 Å². The van der Waals surface area contributed by atoms with Crippen molar-refractivity contribution in [3.05, 3.63) is 36.5 Å². The maximum atomic E-state index is 11.1. The lowest BCUT2D eigenvalue weighted by atomic mass is 10.3. The molecule has 1 aromatic rings. The van der Waals surface area contributed by atoms with Crippen molar-refractivity contribution in [2.75, 3.05) is 0 Å². The molecule has 0 saturated heterocycles. The van der Waals surface area contributed by atoms with Crippen LogP contribution in [0.5, 0.6) is 5.75 Å². The third-order valence-corrected chi connectivity index (χ3v) is 2.22. The molecule has 1 aliphatic heterocycles. The zero-order valence-corrected chi connectivity index (χ0v) is 10.8. The largest absolute Gasteiger partial charge is 0.489 e. The zero-order chi connectivity index (χ0) is 13.8. The van der Waals surface area contributed by atoms with E-state index in [4.69, 9.17) is 4.74 Å². The fraction of sp³-hybridized carbons (Fsp3) is 0.231. The summed E-state index contributed by atoms with van der Waals surface area (Å²) in [6.07, 6.45) is 0.0326. The molecule has 2 amide bonds. The number of carbonyl (C=O) groups excluding carboxylic acids is 1. The molecule has 0 saturated carbocycles. The molecule has 98 valence electrons. The van der Waals surface area contributed by atoms with E-state index in [-0.39, 0.29) is 11.9 Å². The van der Waals surface area contributed by atoms with Gasteiger partial charge in [0.05, 0.1) is 6.10 Å². The predicted octanol–water partition coefficient (Wildman–Crippen LogP) is 3.19. The summed E-state index contributed by atoms with van der Waals surface area (Å²) < 4.78 is 5.65. The van der Waals surface area contributed by atoms with E-state index in [0.29, 0.717) is 17.1 Å². The standard InChI is InChI=1S/C13H14N4O2/c1-8(2)19-11-7-5-4-6-10(11)14-12-9(3)16-17-13(18)15-12/h4-8H,3H2,1-2H3,(H,14,15,18). The Morgan fingerprint density at radius 2 is 2.05 bits per heavy atom. The van der Waals surface area contributed by atoms with Gasteiger partial charge in [0.25, 0.3) is 0 Å². The Morgan fingerprint density at radius 1 is 1.32 bits per heavy atom. The molecule has 0 unspecified atom stereocenters. The smallest absolute Gasteiger partial charge is 0.365 e. The molecule has 0 aliphatic carbocycles. The van der Waals surface area contributed by atoms with Crippen molar-refractivity contribution in [2.45, 2.75) is 20.0 Å². The summed E-state index contributed by atoms with van der Waals surface area (Å²) in [5.41, 5.74) is 0.906. The fourth-order valence-corrected chi connectivity index (χ4v) is 1.47. The zero-order valence-electron chi connectivity index (χ0n) is 10.8. The number of ether oxygens (including phenoxy) is 1. The summed E-state index contributed by atoms with van der Waals surface area (Å²) in [6, 6.07) is 6.73. The highest BCUT2D eigenvalue weighted by Gasteiger charge is 2.15. The van der Waals surface area contributed by atoms with Gasteiger partial charge >= 0.3 is 6.03 Å². The number of aliphatic imine (C=N–C) groups is 1. The quantitative estimate of drug-likeness (QED) is 0.903. The SMILES string of the molecule is C=C1N=NC(=O)NC1=Nc1ccccc1OC(C)C. The Kier molecular flexibility index (Phi) is 3.70. The molecule has 1 N–H and O–H groups in total. The van der Waals surface area contributed by atoms with Gasteiger partial charge in [0.2, 0.25) is 0 Å². The Morgan fingerprint density at radius 3 is 2.79 bits per heavy atom. The van der Waals surface area contributed by atoms with E-state index in [1.807, 2.05) is 32.0 Å². The highest BCUT2D eigenvalue weighted by atomic mass is 16.5. The lowest BCUT2D eigenvalue weighted by molar-refractivity contribution is 0.243. The van der Waals surface area contributed by atoms with Crippen LogP contribution in [-0.2, 0) is 0 Å². The van der Waals surface area contributed by atoms with Crippen molar-refractivity contribution in [1.29, 1.82) is 0 Å². The fourth-order valence-electron chi connectivity index (χ4n) is 1.47. The maximum Gasteiger partial charge on any atom is 0.365 e. The number of hydrogen-bond acceptors (Lipinski definition) is 4. The first-order valence-corrected chi connectivity index (χ1v) is 5.82. The Balaban J connectivity index is 2.35. The second kappa shape index (κ2) is 5.43. The number of nitrogens with zero attached hydrogens (tertiary/aromatic N) is 3. The molecule has 0 spiro atoms. The van der Waals surface area contributed by atoms with E-state index in [9.17, 15) is 4.79 Å². The van der Waals surface area contributed by atoms with Crippen molar-refractivity contribution in [3.63, 3.8) is 0 Å². The Bertz CT molecular complexity index is 576. The first kappa shape index (κ1) is 12.9. The van der Waals surface area contributed by atoms with Crippen LogP contribution in [0.4, 0.5) is 10.5 Å². The van der Waals surface area contributed by atoms with Crippen molar-refractivity contribution < 1.29 is 9.53 Å². The molecule has 0 atom stereocenters. The average molecular weight is 258 g/mol. The van der Waals surface area contributed by atoms with E-state index in [0.717, 1.165) is 0 Å². The second-order valence-electron chi connectivity index (χ2n) is 4.17. The minimum Gasteiger partial charge on any atom is -0.489 e. The normalized spacial score (nSPS) is 16.9. The Labute approximate surface area is 110 Å². The summed E-state index contributed by atoms with van der Waals surface area (Å²) in [5.74, 6) is 0.911. The molecule has 2 rings (SSSR count). The van der Waals surface area contributed by atoms with Gasteiger partial charge in [-0.05, 0) is 26.0 Å². The maximum absolute atomic E-state index is 11.1. The van der Waals surface area contributed by atoms with Crippen LogP contribution >= 0.6 is 0 Å². The van der Waals surface area contributed by atoms with Gasteiger partial charge in [-0.25, -0.2) is 9.79 Å². The third kappa shape index (κ3) is 3.25. The lowest BCUT2D eigenvalue weighted by Crippen LogP contribution is -2.31. The number of amides is 2. The highest BCUT2D eigenvalue weighted by Crippen LogP contribution is 2.28. The molecule has 0 aromatic heterocycles. The number of amidine groups is 1. The van der Waals surface area contributed by atoms with E-state index < -0.39 is 6.03 Å². The minimum absolute atomic E-state index is 0.0326. The molecule has 1 heterocycles. The van der Waals surface area contributed by atoms with Gasteiger partial charge in [-0.15, -0.1) is 5.11 Å². The molecule has 0 radical (unpaired) electrons. The summed E-state index contributed by atoms with van der Waals surface area (Å²) in [4.78, 5) is 15.5. The van der Waals surface area contributed by atoms with Gasteiger partial charge in [0.15, 0.2) is 5.84 Å². The predicted molar refractivity (Wildman–Crippen MR) is 71.8 cm³/mol. The molecule has 6 heteroatoms. The van der Waals surface area contributed by atoms with Crippen LogP contribution in [0, 0.1) is 0 Å².